The molecule has 2 rings (SSSR count). The maximum Gasteiger partial charge on any atom is 0.119 e. The third-order valence-electron chi connectivity index (χ3n) is 2.82. The van der Waals surface area contributed by atoms with Crippen LogP contribution < -0.4 is 0 Å². The lowest BCUT2D eigenvalue weighted by Crippen LogP contribution is -2.10. The molecular weight excluding hydrogens is 164 g/mol. The summed E-state index contributed by atoms with van der Waals surface area (Å²) in [6.45, 7) is 0. The molecule has 1 aromatic rings. The zero-order chi connectivity index (χ0) is 9.26. The van der Waals surface area contributed by atoms with E-state index < -0.39 is 0 Å². The number of aliphatic hydroxyl groups is 1. The van der Waals surface area contributed by atoms with Gasteiger partial charge in [-0.2, -0.15) is 0 Å². The van der Waals surface area contributed by atoms with Crippen molar-refractivity contribution in [2.24, 2.45) is 0 Å². The van der Waals surface area contributed by atoms with Gasteiger partial charge in [0.25, 0.3) is 0 Å². The molecule has 2 unspecified atom stereocenters. The molecule has 0 amide bonds. The fourth-order valence-electron chi connectivity index (χ4n) is 2.10. The summed E-state index contributed by atoms with van der Waals surface area (Å²) in [6.07, 6.45) is 2.63. The zero-order valence-electron chi connectivity index (χ0n) is 7.48. The van der Waals surface area contributed by atoms with E-state index in [9.17, 15) is 10.2 Å². The van der Waals surface area contributed by atoms with Gasteiger partial charge in [-0.3, -0.25) is 0 Å². The molecule has 0 radical (unpaired) electrons. The smallest absolute Gasteiger partial charge is 0.119 e. The first kappa shape index (κ1) is 8.57. The highest BCUT2D eigenvalue weighted by atomic mass is 16.3. The number of benzene rings is 1. The molecule has 0 aromatic heterocycles. The SMILES string of the molecule is Oc1ccccc1C1CCCC1O. The molecule has 2 heteroatoms. The Hall–Kier alpha value is -1.02. The molecule has 1 aliphatic carbocycles. The Morgan fingerprint density at radius 3 is 2.54 bits per heavy atom. The van der Waals surface area contributed by atoms with E-state index in [1.54, 1.807) is 12.1 Å². The minimum atomic E-state index is -0.270. The molecule has 1 fully saturated rings. The van der Waals surface area contributed by atoms with Crippen molar-refractivity contribution in [3.05, 3.63) is 29.8 Å². The first-order valence-corrected chi connectivity index (χ1v) is 4.75. The molecule has 13 heavy (non-hydrogen) atoms. The van der Waals surface area contributed by atoms with E-state index in [0.29, 0.717) is 5.75 Å². The van der Waals surface area contributed by atoms with E-state index in [2.05, 4.69) is 0 Å². The van der Waals surface area contributed by atoms with Gasteiger partial charge < -0.3 is 10.2 Å². The van der Waals surface area contributed by atoms with Crippen molar-refractivity contribution in [2.75, 3.05) is 0 Å². The van der Waals surface area contributed by atoms with E-state index >= 15 is 0 Å². The minimum Gasteiger partial charge on any atom is -0.508 e. The highest BCUT2D eigenvalue weighted by Gasteiger charge is 2.28. The van der Waals surface area contributed by atoms with Crippen LogP contribution in [0.2, 0.25) is 0 Å². The second kappa shape index (κ2) is 3.38. The summed E-state index contributed by atoms with van der Waals surface area (Å²) >= 11 is 0. The van der Waals surface area contributed by atoms with Crippen molar-refractivity contribution < 1.29 is 10.2 Å². The van der Waals surface area contributed by atoms with Crippen LogP contribution >= 0.6 is 0 Å². The van der Waals surface area contributed by atoms with Gasteiger partial charge >= 0.3 is 0 Å². The highest BCUT2D eigenvalue weighted by molar-refractivity contribution is 5.36. The molecule has 0 bridgehead atoms. The second-order valence-electron chi connectivity index (χ2n) is 3.66. The van der Waals surface area contributed by atoms with E-state index in [4.69, 9.17) is 0 Å². The molecule has 0 saturated heterocycles. The van der Waals surface area contributed by atoms with Crippen LogP contribution in [0, 0.1) is 0 Å². The normalized spacial score (nSPS) is 27.8. The Morgan fingerprint density at radius 1 is 1.15 bits per heavy atom. The van der Waals surface area contributed by atoms with Crippen LogP contribution in [-0.4, -0.2) is 16.3 Å². The largest absolute Gasteiger partial charge is 0.508 e. The molecule has 70 valence electrons. The molecule has 2 nitrogen and oxygen atoms in total. The molecular formula is C11H14O2. The predicted octanol–water partition coefficient (Wildman–Crippen LogP) is 2.02. The van der Waals surface area contributed by atoms with Gasteiger partial charge in [0, 0.05) is 5.92 Å². The Labute approximate surface area is 77.8 Å². The van der Waals surface area contributed by atoms with Gasteiger partial charge in [0.15, 0.2) is 0 Å². The second-order valence-corrected chi connectivity index (χ2v) is 3.66. The summed E-state index contributed by atoms with van der Waals surface area (Å²) in [5, 5.41) is 19.2. The van der Waals surface area contributed by atoms with Gasteiger partial charge in [0.1, 0.15) is 5.75 Å². The lowest BCUT2D eigenvalue weighted by atomic mass is 9.95. The lowest BCUT2D eigenvalue weighted by Gasteiger charge is -2.15. The minimum absolute atomic E-state index is 0.140. The summed E-state index contributed by atoms with van der Waals surface area (Å²) in [4.78, 5) is 0. The maximum atomic E-state index is 9.66. The number of rotatable bonds is 1. The zero-order valence-corrected chi connectivity index (χ0v) is 7.48. The van der Waals surface area contributed by atoms with Gasteiger partial charge in [-0.05, 0) is 24.5 Å². The summed E-state index contributed by atoms with van der Waals surface area (Å²) in [6, 6.07) is 7.29. The summed E-state index contributed by atoms with van der Waals surface area (Å²) in [5.74, 6) is 0.453. The van der Waals surface area contributed by atoms with E-state index in [-0.39, 0.29) is 12.0 Å². The third-order valence-corrected chi connectivity index (χ3v) is 2.82. The fraction of sp³-hybridized carbons (Fsp3) is 0.455. The van der Waals surface area contributed by atoms with Crippen LogP contribution in [0.4, 0.5) is 0 Å². The number of phenols is 1. The third kappa shape index (κ3) is 1.54. The molecule has 2 N–H and O–H groups in total. The van der Waals surface area contributed by atoms with E-state index in [1.807, 2.05) is 12.1 Å². The number of phenolic OH excluding ortho intramolecular Hbond substituents is 1. The number of hydrogen-bond donors (Lipinski definition) is 2. The molecule has 0 aliphatic heterocycles. The molecule has 1 saturated carbocycles. The maximum absolute atomic E-state index is 9.66. The van der Waals surface area contributed by atoms with Crippen molar-refractivity contribution >= 4 is 0 Å². The van der Waals surface area contributed by atoms with Gasteiger partial charge in [-0.15, -0.1) is 0 Å². The molecule has 1 aliphatic rings. The van der Waals surface area contributed by atoms with Gasteiger partial charge in [-0.25, -0.2) is 0 Å². The van der Waals surface area contributed by atoms with Crippen molar-refractivity contribution in [1.82, 2.24) is 0 Å². The van der Waals surface area contributed by atoms with Crippen LogP contribution in [0.5, 0.6) is 5.75 Å². The van der Waals surface area contributed by atoms with Crippen LogP contribution in [-0.2, 0) is 0 Å². The monoisotopic (exact) mass is 178 g/mol. The van der Waals surface area contributed by atoms with Gasteiger partial charge in [-0.1, -0.05) is 24.6 Å². The molecule has 0 heterocycles. The van der Waals surface area contributed by atoms with Crippen LogP contribution in [0.15, 0.2) is 24.3 Å². The van der Waals surface area contributed by atoms with Crippen LogP contribution in [0.3, 0.4) is 0 Å². The first-order chi connectivity index (χ1) is 6.29. The van der Waals surface area contributed by atoms with Crippen molar-refractivity contribution in [3.8, 4) is 5.75 Å². The molecule has 0 spiro atoms. The number of para-hydroxylation sites is 1. The highest BCUT2D eigenvalue weighted by Crippen LogP contribution is 2.38. The predicted molar refractivity (Wildman–Crippen MR) is 50.7 cm³/mol. The standard InChI is InChI=1S/C11H14O2/c12-10-6-2-1-4-8(10)9-5-3-7-11(9)13/h1-2,4,6,9,11-13H,3,5,7H2. The average molecular weight is 178 g/mol. The van der Waals surface area contributed by atoms with Crippen molar-refractivity contribution in [1.29, 1.82) is 0 Å². The van der Waals surface area contributed by atoms with Gasteiger partial charge in [0.2, 0.25) is 0 Å². The Balaban J connectivity index is 2.29. The van der Waals surface area contributed by atoms with Crippen molar-refractivity contribution in [3.63, 3.8) is 0 Å². The summed E-state index contributed by atoms with van der Waals surface area (Å²) in [7, 11) is 0. The lowest BCUT2D eigenvalue weighted by molar-refractivity contribution is 0.162. The number of hydrogen-bond acceptors (Lipinski definition) is 2. The fourth-order valence-corrected chi connectivity index (χ4v) is 2.10. The van der Waals surface area contributed by atoms with E-state index in [0.717, 1.165) is 24.8 Å². The summed E-state index contributed by atoms with van der Waals surface area (Å²) < 4.78 is 0. The first-order valence-electron chi connectivity index (χ1n) is 4.75. The van der Waals surface area contributed by atoms with Crippen molar-refractivity contribution in [2.45, 2.75) is 31.3 Å². The Bertz CT molecular complexity index is 296. The quantitative estimate of drug-likeness (QED) is 0.690. The number of aromatic hydroxyl groups is 1. The Kier molecular flexibility index (Phi) is 2.23. The molecule has 1 aromatic carbocycles. The molecule has 2 atom stereocenters. The van der Waals surface area contributed by atoms with Crippen LogP contribution in [0.1, 0.15) is 30.7 Å². The summed E-state index contributed by atoms with van der Waals surface area (Å²) in [5.41, 5.74) is 0.896. The Morgan fingerprint density at radius 2 is 1.92 bits per heavy atom. The van der Waals surface area contributed by atoms with Crippen LogP contribution in [0.25, 0.3) is 0 Å². The topological polar surface area (TPSA) is 40.5 Å². The average Bonchev–Trinajstić information content (AvgIpc) is 2.52. The van der Waals surface area contributed by atoms with Gasteiger partial charge in [0.05, 0.1) is 6.10 Å². The van der Waals surface area contributed by atoms with E-state index in [1.165, 1.54) is 0 Å². The number of aliphatic hydroxyl groups excluding tert-OH is 1.